The normalized spacial score (nSPS) is 15.2. The van der Waals surface area contributed by atoms with Crippen LogP contribution < -0.4 is 0 Å². The summed E-state index contributed by atoms with van der Waals surface area (Å²) in [4.78, 5) is 12.2. The summed E-state index contributed by atoms with van der Waals surface area (Å²) in [7, 11) is 0. The Morgan fingerprint density at radius 3 is 2.05 bits per heavy atom. The Hall–Kier alpha value is 1.23. The van der Waals surface area contributed by atoms with Crippen molar-refractivity contribution in [1.29, 1.82) is 0 Å². The van der Waals surface area contributed by atoms with Gasteiger partial charge in [0.2, 0.25) is 5.91 Å². The van der Waals surface area contributed by atoms with Crippen molar-refractivity contribution in [3.05, 3.63) is 0 Å². The molecule has 22 heavy (non-hydrogen) atoms. The van der Waals surface area contributed by atoms with Crippen LogP contribution in [0, 0.1) is 5.92 Å². The third-order valence-corrected chi connectivity index (χ3v) is 10.8. The second-order valence-corrected chi connectivity index (χ2v) is 14.0. The molecule has 0 spiro atoms. The third kappa shape index (κ3) is 7.42. The maximum absolute atomic E-state index is 13.7. The highest BCUT2D eigenvalue weighted by Crippen LogP contribution is 2.68. The standard InChI is InChI=1S/C12H24Cl3N2O2PS2/c1-6-11(18)16(7-2)20(19,21-9-10(4)5)17(8-3)22-12(13,14)15/h10H,6-9H2,1-5H3. The zero-order valence-corrected chi connectivity index (χ0v) is 18.3. The summed E-state index contributed by atoms with van der Waals surface area (Å²) < 4.78 is 15.0. The fraction of sp³-hybridized carbons (Fsp3) is 0.917. The molecule has 0 rings (SSSR count). The smallest absolute Gasteiger partial charge is 0.274 e. The van der Waals surface area contributed by atoms with E-state index in [0.717, 1.165) is 11.9 Å². The maximum atomic E-state index is 13.7. The number of rotatable bonds is 9. The molecule has 0 aromatic heterocycles. The molecule has 0 heterocycles. The van der Waals surface area contributed by atoms with E-state index in [1.54, 1.807) is 11.0 Å². The number of nitrogens with zero attached hydrogens (tertiary/aromatic N) is 2. The fourth-order valence-electron chi connectivity index (χ4n) is 1.59. The van der Waals surface area contributed by atoms with E-state index in [1.165, 1.54) is 16.1 Å². The van der Waals surface area contributed by atoms with Gasteiger partial charge in [0.25, 0.3) is 3.12 Å². The molecule has 0 saturated carbocycles. The van der Waals surface area contributed by atoms with Gasteiger partial charge < -0.3 is 0 Å². The number of hydrogen-bond donors (Lipinski definition) is 0. The zero-order chi connectivity index (χ0) is 17.6. The van der Waals surface area contributed by atoms with Crippen LogP contribution in [0.4, 0.5) is 0 Å². The van der Waals surface area contributed by atoms with Gasteiger partial charge in [-0.1, -0.05) is 73.9 Å². The Kier molecular flexibility index (Phi) is 10.8. The van der Waals surface area contributed by atoms with E-state index in [9.17, 15) is 9.36 Å². The Labute approximate surface area is 157 Å². The molecule has 0 aromatic carbocycles. The van der Waals surface area contributed by atoms with Gasteiger partial charge in [-0.05, 0) is 24.8 Å². The van der Waals surface area contributed by atoms with Crippen molar-refractivity contribution in [3.8, 4) is 0 Å². The average molecular weight is 430 g/mol. The minimum atomic E-state index is -3.22. The Morgan fingerprint density at radius 1 is 1.18 bits per heavy atom. The van der Waals surface area contributed by atoms with E-state index in [-0.39, 0.29) is 12.3 Å². The summed E-state index contributed by atoms with van der Waals surface area (Å²) >= 11 is 19.7. The van der Waals surface area contributed by atoms with E-state index >= 15 is 0 Å². The van der Waals surface area contributed by atoms with Crippen LogP contribution in [0.1, 0.15) is 41.0 Å². The van der Waals surface area contributed by atoms with Crippen molar-refractivity contribution in [2.75, 3.05) is 18.8 Å². The molecular formula is C12H24Cl3N2O2PS2. The van der Waals surface area contributed by atoms with Gasteiger partial charge in [-0.25, -0.2) is 0 Å². The molecule has 0 aliphatic rings. The first kappa shape index (κ1) is 23.2. The second kappa shape index (κ2) is 10.3. The Morgan fingerprint density at radius 2 is 1.73 bits per heavy atom. The highest BCUT2D eigenvalue weighted by Gasteiger charge is 2.42. The van der Waals surface area contributed by atoms with E-state index in [0.29, 0.717) is 24.8 Å². The summed E-state index contributed by atoms with van der Waals surface area (Å²) in [5.41, 5.74) is 0. The van der Waals surface area contributed by atoms with E-state index < -0.39 is 9.77 Å². The van der Waals surface area contributed by atoms with Gasteiger partial charge >= 0.3 is 6.65 Å². The molecule has 0 saturated heterocycles. The molecule has 1 unspecified atom stereocenters. The van der Waals surface area contributed by atoms with Gasteiger partial charge in [-0.2, -0.15) is 4.08 Å². The first-order valence-corrected chi connectivity index (χ1v) is 12.2. The van der Waals surface area contributed by atoms with Crippen LogP contribution in [0.25, 0.3) is 0 Å². The number of halogens is 3. The van der Waals surface area contributed by atoms with Gasteiger partial charge in [-0.3, -0.25) is 14.0 Å². The number of carbonyl (C=O) groups is 1. The second-order valence-electron chi connectivity index (χ2n) is 4.85. The minimum Gasteiger partial charge on any atom is -0.274 e. The summed E-state index contributed by atoms with van der Waals surface area (Å²) in [5, 5.41) is 0. The molecule has 4 nitrogen and oxygen atoms in total. The van der Waals surface area contributed by atoms with E-state index in [4.69, 9.17) is 34.8 Å². The summed E-state index contributed by atoms with van der Waals surface area (Å²) in [5.74, 6) is 0.831. The van der Waals surface area contributed by atoms with Gasteiger partial charge in [0.05, 0.1) is 0 Å². The molecule has 0 radical (unpaired) electrons. The Bertz CT molecular complexity index is 408. The molecule has 0 bridgehead atoms. The molecule has 0 aliphatic carbocycles. The largest absolute Gasteiger partial charge is 0.306 e. The molecule has 132 valence electrons. The predicted molar refractivity (Wildman–Crippen MR) is 103 cm³/mol. The van der Waals surface area contributed by atoms with Crippen molar-refractivity contribution in [2.24, 2.45) is 5.92 Å². The average Bonchev–Trinajstić information content (AvgIpc) is 2.41. The number of alkyl halides is 3. The topological polar surface area (TPSA) is 40.6 Å². The fourth-order valence-corrected chi connectivity index (χ4v) is 10.3. The van der Waals surface area contributed by atoms with Crippen LogP contribution in [0.3, 0.4) is 0 Å². The summed E-state index contributed by atoms with van der Waals surface area (Å²) in [6, 6.07) is 0. The van der Waals surface area contributed by atoms with Gasteiger partial charge in [0.1, 0.15) is 0 Å². The number of carbonyl (C=O) groups excluding carboxylic acids is 1. The van der Waals surface area contributed by atoms with Crippen molar-refractivity contribution in [1.82, 2.24) is 8.75 Å². The van der Waals surface area contributed by atoms with Crippen LogP contribution in [0.2, 0.25) is 0 Å². The van der Waals surface area contributed by atoms with Crippen LogP contribution >= 0.6 is 64.8 Å². The lowest BCUT2D eigenvalue weighted by atomic mass is 10.3. The Balaban J connectivity index is 5.63. The van der Waals surface area contributed by atoms with Crippen molar-refractivity contribution < 1.29 is 9.36 Å². The zero-order valence-electron chi connectivity index (χ0n) is 13.5. The third-order valence-electron chi connectivity index (χ3n) is 2.53. The predicted octanol–water partition coefficient (Wildman–Crippen LogP) is 6.04. The van der Waals surface area contributed by atoms with Crippen LogP contribution in [0.15, 0.2) is 0 Å². The quantitative estimate of drug-likeness (QED) is 0.254. The molecule has 1 amide bonds. The lowest BCUT2D eigenvalue weighted by Gasteiger charge is -2.38. The van der Waals surface area contributed by atoms with Crippen molar-refractivity contribution in [2.45, 2.75) is 44.2 Å². The van der Waals surface area contributed by atoms with Crippen LogP contribution in [-0.2, 0) is 9.36 Å². The van der Waals surface area contributed by atoms with E-state index in [1.807, 2.05) is 27.7 Å². The molecule has 0 N–H and O–H groups in total. The first-order valence-electron chi connectivity index (χ1n) is 7.11. The molecule has 1 atom stereocenters. The van der Waals surface area contributed by atoms with Crippen molar-refractivity contribution >= 4 is 70.7 Å². The molecule has 0 aromatic rings. The van der Waals surface area contributed by atoms with Gasteiger partial charge in [0, 0.05) is 25.3 Å². The summed E-state index contributed by atoms with van der Waals surface area (Å²) in [6.45, 7) is 6.99. The monoisotopic (exact) mass is 428 g/mol. The lowest BCUT2D eigenvalue weighted by molar-refractivity contribution is -0.126. The summed E-state index contributed by atoms with van der Waals surface area (Å²) in [6.07, 6.45) is 0.288. The number of amides is 1. The maximum Gasteiger partial charge on any atom is 0.306 e. The highest BCUT2D eigenvalue weighted by molar-refractivity contribution is 8.58. The first-order chi connectivity index (χ1) is 10.0. The lowest BCUT2D eigenvalue weighted by Crippen LogP contribution is -2.33. The van der Waals surface area contributed by atoms with E-state index in [2.05, 4.69) is 0 Å². The van der Waals surface area contributed by atoms with Crippen molar-refractivity contribution in [3.63, 3.8) is 0 Å². The van der Waals surface area contributed by atoms with Crippen LogP contribution in [-0.4, -0.2) is 36.6 Å². The molecule has 0 aliphatic heterocycles. The number of hydrogen-bond acceptors (Lipinski definition) is 4. The van der Waals surface area contributed by atoms with Gasteiger partial charge in [-0.15, -0.1) is 0 Å². The highest BCUT2D eigenvalue weighted by atomic mass is 35.6. The van der Waals surface area contributed by atoms with Gasteiger partial charge in [0.15, 0.2) is 0 Å². The molecular weight excluding hydrogens is 406 g/mol. The molecule has 0 fully saturated rings. The minimum absolute atomic E-state index is 0.162. The SMILES string of the molecule is CCC(=O)N(CC)P(=O)(SCC(C)C)N(CC)SC(Cl)(Cl)Cl. The van der Waals surface area contributed by atoms with Crippen LogP contribution in [0.5, 0.6) is 0 Å². The molecule has 10 heteroatoms.